The van der Waals surface area contributed by atoms with Crippen molar-refractivity contribution in [2.24, 2.45) is 5.92 Å². The van der Waals surface area contributed by atoms with E-state index in [2.05, 4.69) is 23.3 Å². The van der Waals surface area contributed by atoms with Crippen molar-refractivity contribution in [1.82, 2.24) is 9.47 Å². The van der Waals surface area contributed by atoms with Crippen molar-refractivity contribution in [3.8, 4) is 0 Å². The number of piperidine rings is 1. The first-order chi connectivity index (χ1) is 9.11. The van der Waals surface area contributed by atoms with Gasteiger partial charge in [0, 0.05) is 30.0 Å². The second-order valence-electron chi connectivity index (χ2n) is 6.00. The average molecular weight is 262 g/mol. The third kappa shape index (κ3) is 3.47. The van der Waals surface area contributed by atoms with E-state index in [4.69, 9.17) is 0 Å². The molecule has 19 heavy (non-hydrogen) atoms. The molecule has 0 radical (unpaired) electrons. The van der Waals surface area contributed by atoms with Crippen molar-refractivity contribution in [3.63, 3.8) is 0 Å². The lowest BCUT2D eigenvalue weighted by Crippen LogP contribution is -2.35. The van der Waals surface area contributed by atoms with E-state index in [1.807, 2.05) is 13.0 Å². The van der Waals surface area contributed by atoms with Crippen molar-refractivity contribution >= 4 is 6.29 Å². The topological polar surface area (TPSA) is 25.2 Å². The summed E-state index contributed by atoms with van der Waals surface area (Å²) in [6.07, 6.45) is 4.86. The molecule has 1 fully saturated rings. The lowest BCUT2D eigenvalue weighted by Gasteiger charge is -2.30. The molecule has 0 amide bonds. The van der Waals surface area contributed by atoms with E-state index in [9.17, 15) is 4.79 Å². The molecule has 1 aliphatic heterocycles. The maximum atomic E-state index is 10.9. The van der Waals surface area contributed by atoms with Crippen LogP contribution in [0.2, 0.25) is 0 Å². The first kappa shape index (κ1) is 14.3. The summed E-state index contributed by atoms with van der Waals surface area (Å²) in [6.45, 7) is 11.2. The molecule has 0 N–H and O–H groups in total. The number of rotatable bonds is 5. The van der Waals surface area contributed by atoms with Gasteiger partial charge in [-0.05, 0) is 58.2 Å². The zero-order valence-electron chi connectivity index (χ0n) is 12.5. The largest absolute Gasteiger partial charge is 0.348 e. The number of likely N-dealkylation sites (tertiary alicyclic amines) is 1. The Morgan fingerprint density at radius 1 is 1.37 bits per heavy atom. The fourth-order valence-electron chi connectivity index (χ4n) is 3.23. The van der Waals surface area contributed by atoms with Crippen LogP contribution in [-0.2, 0) is 6.54 Å². The molecule has 1 atom stereocenters. The van der Waals surface area contributed by atoms with Gasteiger partial charge in [-0.3, -0.25) is 4.79 Å². The summed E-state index contributed by atoms with van der Waals surface area (Å²) >= 11 is 0. The molecule has 0 saturated carbocycles. The maximum Gasteiger partial charge on any atom is 0.151 e. The third-order valence-corrected chi connectivity index (χ3v) is 4.34. The fourth-order valence-corrected chi connectivity index (χ4v) is 3.23. The molecular weight excluding hydrogens is 236 g/mol. The summed E-state index contributed by atoms with van der Waals surface area (Å²) in [4.78, 5) is 13.5. The van der Waals surface area contributed by atoms with Gasteiger partial charge >= 0.3 is 0 Å². The molecule has 0 aliphatic carbocycles. The first-order valence-corrected chi connectivity index (χ1v) is 7.46. The van der Waals surface area contributed by atoms with Crippen molar-refractivity contribution in [3.05, 3.63) is 23.0 Å². The molecule has 1 aromatic heterocycles. The normalized spacial score (nSPS) is 20.7. The van der Waals surface area contributed by atoms with Crippen LogP contribution in [0.3, 0.4) is 0 Å². The van der Waals surface area contributed by atoms with Crippen LogP contribution >= 0.6 is 0 Å². The standard InChI is InChI=1S/C16H26N2O/c1-13-6-4-7-17(11-13)8-5-9-18-14(2)10-16(12-19)15(18)3/h10,12-13H,4-9,11H2,1-3H3. The van der Waals surface area contributed by atoms with Gasteiger partial charge in [0.05, 0.1) is 0 Å². The summed E-state index contributed by atoms with van der Waals surface area (Å²) in [6, 6.07) is 1.99. The number of carbonyl (C=O) groups excluding carboxylic acids is 1. The summed E-state index contributed by atoms with van der Waals surface area (Å²) in [5.41, 5.74) is 3.15. The van der Waals surface area contributed by atoms with Crippen molar-refractivity contribution in [2.45, 2.75) is 46.6 Å². The summed E-state index contributed by atoms with van der Waals surface area (Å²) in [7, 11) is 0. The quantitative estimate of drug-likeness (QED) is 0.762. The highest BCUT2D eigenvalue weighted by atomic mass is 16.1. The van der Waals surface area contributed by atoms with Gasteiger partial charge in [-0.15, -0.1) is 0 Å². The number of carbonyl (C=O) groups is 1. The van der Waals surface area contributed by atoms with Crippen LogP contribution in [0.25, 0.3) is 0 Å². The van der Waals surface area contributed by atoms with Crippen LogP contribution in [-0.4, -0.2) is 35.4 Å². The molecule has 0 aromatic carbocycles. The second-order valence-corrected chi connectivity index (χ2v) is 6.00. The highest BCUT2D eigenvalue weighted by molar-refractivity contribution is 5.77. The Kier molecular flexibility index (Phi) is 4.81. The van der Waals surface area contributed by atoms with E-state index < -0.39 is 0 Å². The molecule has 3 heteroatoms. The predicted octanol–water partition coefficient (Wildman–Crippen LogP) is 3.04. The van der Waals surface area contributed by atoms with Gasteiger partial charge in [-0.1, -0.05) is 6.92 Å². The summed E-state index contributed by atoms with van der Waals surface area (Å²) in [5, 5.41) is 0. The Bertz CT molecular complexity index is 436. The second kappa shape index (κ2) is 6.38. The molecule has 1 saturated heterocycles. The van der Waals surface area contributed by atoms with Gasteiger partial charge < -0.3 is 9.47 Å². The smallest absolute Gasteiger partial charge is 0.151 e. The molecule has 2 rings (SSSR count). The van der Waals surface area contributed by atoms with Crippen LogP contribution < -0.4 is 0 Å². The van der Waals surface area contributed by atoms with Crippen molar-refractivity contribution in [2.75, 3.05) is 19.6 Å². The Balaban J connectivity index is 1.85. The number of aryl methyl sites for hydroxylation is 1. The van der Waals surface area contributed by atoms with Crippen LogP contribution in [0.1, 0.15) is 47.9 Å². The molecule has 106 valence electrons. The number of hydrogen-bond donors (Lipinski definition) is 0. The van der Waals surface area contributed by atoms with Gasteiger partial charge in [-0.2, -0.15) is 0 Å². The number of aldehydes is 1. The predicted molar refractivity (Wildman–Crippen MR) is 78.7 cm³/mol. The van der Waals surface area contributed by atoms with Crippen molar-refractivity contribution in [1.29, 1.82) is 0 Å². The minimum Gasteiger partial charge on any atom is -0.348 e. The molecular formula is C16H26N2O. The Morgan fingerprint density at radius 2 is 2.16 bits per heavy atom. The highest BCUT2D eigenvalue weighted by Gasteiger charge is 2.15. The molecule has 1 unspecified atom stereocenters. The Hall–Kier alpha value is -1.09. The summed E-state index contributed by atoms with van der Waals surface area (Å²) < 4.78 is 2.27. The fraction of sp³-hybridized carbons (Fsp3) is 0.688. The maximum absolute atomic E-state index is 10.9. The SMILES string of the molecule is Cc1cc(C=O)c(C)n1CCCN1CCCC(C)C1. The number of nitrogens with zero attached hydrogens (tertiary/aromatic N) is 2. The molecule has 0 bridgehead atoms. The molecule has 1 aliphatic rings. The Morgan fingerprint density at radius 3 is 2.79 bits per heavy atom. The summed E-state index contributed by atoms with van der Waals surface area (Å²) in [5.74, 6) is 0.852. The van der Waals surface area contributed by atoms with E-state index in [1.54, 1.807) is 0 Å². The molecule has 3 nitrogen and oxygen atoms in total. The van der Waals surface area contributed by atoms with E-state index in [1.165, 1.54) is 44.6 Å². The lowest BCUT2D eigenvalue weighted by molar-refractivity contribution is 0.112. The van der Waals surface area contributed by atoms with E-state index in [0.717, 1.165) is 30.0 Å². The van der Waals surface area contributed by atoms with Crippen LogP contribution in [0, 0.1) is 19.8 Å². The van der Waals surface area contributed by atoms with Crippen molar-refractivity contribution < 1.29 is 4.79 Å². The van der Waals surface area contributed by atoms with E-state index in [-0.39, 0.29) is 0 Å². The van der Waals surface area contributed by atoms with Gasteiger partial charge in [-0.25, -0.2) is 0 Å². The number of aromatic nitrogens is 1. The molecule has 1 aromatic rings. The average Bonchev–Trinajstić information content (AvgIpc) is 2.66. The molecule has 0 spiro atoms. The van der Waals surface area contributed by atoms with E-state index in [0.29, 0.717) is 0 Å². The van der Waals surface area contributed by atoms with E-state index >= 15 is 0 Å². The van der Waals surface area contributed by atoms with Gasteiger partial charge in [0.25, 0.3) is 0 Å². The van der Waals surface area contributed by atoms with Gasteiger partial charge in [0.2, 0.25) is 0 Å². The van der Waals surface area contributed by atoms with Gasteiger partial charge in [0.15, 0.2) is 6.29 Å². The first-order valence-electron chi connectivity index (χ1n) is 7.46. The Labute approximate surface area is 116 Å². The van der Waals surface area contributed by atoms with Crippen LogP contribution in [0.15, 0.2) is 6.07 Å². The number of hydrogen-bond acceptors (Lipinski definition) is 2. The van der Waals surface area contributed by atoms with Gasteiger partial charge in [0.1, 0.15) is 0 Å². The van der Waals surface area contributed by atoms with Crippen LogP contribution in [0.5, 0.6) is 0 Å². The van der Waals surface area contributed by atoms with Crippen LogP contribution in [0.4, 0.5) is 0 Å². The minimum absolute atomic E-state index is 0.837. The molecule has 2 heterocycles. The third-order valence-electron chi connectivity index (χ3n) is 4.34. The minimum atomic E-state index is 0.837. The zero-order chi connectivity index (χ0) is 13.8. The monoisotopic (exact) mass is 262 g/mol. The highest BCUT2D eigenvalue weighted by Crippen LogP contribution is 2.17. The lowest BCUT2D eigenvalue weighted by atomic mass is 10.0. The zero-order valence-corrected chi connectivity index (χ0v) is 12.5.